The molecule has 38 heavy (non-hydrogen) atoms. The van der Waals surface area contributed by atoms with E-state index in [0.717, 1.165) is 5.56 Å². The number of halogens is 1. The van der Waals surface area contributed by atoms with Gasteiger partial charge in [-0.15, -0.1) is 0 Å². The molecule has 4 rings (SSSR count). The fourth-order valence-corrected chi connectivity index (χ4v) is 3.98. The first kappa shape index (κ1) is 26.7. The van der Waals surface area contributed by atoms with Gasteiger partial charge in [-0.1, -0.05) is 60.1 Å². The smallest absolute Gasteiger partial charge is 0.355 e. The Hall–Kier alpha value is -4.34. The molecule has 0 radical (unpaired) electrons. The molecule has 0 bridgehead atoms. The highest BCUT2D eigenvalue weighted by Gasteiger charge is 2.35. The molecular formula is C28H24ClNO8. The molecule has 9 nitrogen and oxygen atoms in total. The van der Waals surface area contributed by atoms with Crippen molar-refractivity contribution < 1.29 is 38.1 Å². The lowest BCUT2D eigenvalue weighted by Gasteiger charge is -2.32. The molecule has 10 heteroatoms. The highest BCUT2D eigenvalue weighted by atomic mass is 35.5. The molecule has 1 aliphatic rings. The number of anilines is 1. The zero-order valence-electron chi connectivity index (χ0n) is 20.6. The number of esters is 3. The SMILES string of the molecule is COC(=O)C1=C(C(=O)OC)N(c2cc(Cl)cc(OC(=O)c3ccccc3)c2OCc2ccccc2)COC1. The number of methoxy groups -OCH3 is 2. The Morgan fingerprint density at radius 1 is 0.895 bits per heavy atom. The minimum Gasteiger partial charge on any atom is -0.483 e. The molecule has 0 spiro atoms. The average molecular weight is 538 g/mol. The highest BCUT2D eigenvalue weighted by Crippen LogP contribution is 2.44. The standard InChI is InChI=1S/C28H24ClNO8/c1-34-27(32)21-16-36-17-30(24(21)28(33)35-2)22-13-20(29)14-23(38-26(31)19-11-7-4-8-12-19)25(22)37-15-18-9-5-3-6-10-18/h3-14H,15-17H2,1-2H3. The zero-order chi connectivity index (χ0) is 27.1. The molecule has 0 atom stereocenters. The Bertz CT molecular complexity index is 1360. The van der Waals surface area contributed by atoms with Crippen LogP contribution in [0.15, 0.2) is 84.1 Å². The predicted octanol–water partition coefficient (Wildman–Crippen LogP) is 4.53. The van der Waals surface area contributed by atoms with Crippen LogP contribution in [0.1, 0.15) is 15.9 Å². The molecule has 0 saturated heterocycles. The van der Waals surface area contributed by atoms with E-state index in [-0.39, 0.29) is 53.4 Å². The van der Waals surface area contributed by atoms with Crippen molar-refractivity contribution in [2.24, 2.45) is 0 Å². The maximum atomic E-state index is 12.9. The normalized spacial score (nSPS) is 13.1. The van der Waals surface area contributed by atoms with Crippen LogP contribution in [0.25, 0.3) is 0 Å². The molecule has 0 amide bonds. The van der Waals surface area contributed by atoms with Gasteiger partial charge in [0.2, 0.25) is 0 Å². The fourth-order valence-electron chi connectivity index (χ4n) is 3.77. The van der Waals surface area contributed by atoms with Crippen LogP contribution >= 0.6 is 11.6 Å². The average Bonchev–Trinajstić information content (AvgIpc) is 2.96. The number of nitrogens with zero attached hydrogens (tertiary/aromatic N) is 1. The minimum atomic E-state index is -0.800. The molecule has 1 aliphatic heterocycles. The van der Waals surface area contributed by atoms with E-state index >= 15 is 0 Å². The van der Waals surface area contributed by atoms with Crippen molar-refractivity contribution in [2.75, 3.05) is 32.5 Å². The van der Waals surface area contributed by atoms with E-state index in [2.05, 4.69) is 0 Å². The second kappa shape index (κ2) is 12.3. The molecule has 0 aliphatic carbocycles. The third-order valence-electron chi connectivity index (χ3n) is 5.56. The van der Waals surface area contributed by atoms with Crippen molar-refractivity contribution in [1.82, 2.24) is 0 Å². The monoisotopic (exact) mass is 537 g/mol. The third kappa shape index (κ3) is 5.96. The van der Waals surface area contributed by atoms with E-state index in [1.165, 1.54) is 31.3 Å². The molecule has 1 heterocycles. The van der Waals surface area contributed by atoms with Gasteiger partial charge >= 0.3 is 17.9 Å². The number of hydrogen-bond acceptors (Lipinski definition) is 9. The lowest BCUT2D eigenvalue weighted by Crippen LogP contribution is -2.39. The van der Waals surface area contributed by atoms with E-state index in [1.807, 2.05) is 30.3 Å². The number of carbonyl (C=O) groups excluding carboxylic acids is 3. The quantitative estimate of drug-likeness (QED) is 0.303. The van der Waals surface area contributed by atoms with Crippen LogP contribution in [0.5, 0.6) is 11.5 Å². The van der Waals surface area contributed by atoms with Crippen molar-refractivity contribution >= 4 is 35.2 Å². The van der Waals surface area contributed by atoms with Crippen LogP contribution in [0, 0.1) is 0 Å². The van der Waals surface area contributed by atoms with Gasteiger partial charge in [0.1, 0.15) is 19.0 Å². The molecule has 3 aromatic rings. The molecular weight excluding hydrogens is 514 g/mol. The first-order valence-corrected chi connectivity index (χ1v) is 11.8. The van der Waals surface area contributed by atoms with Crippen molar-refractivity contribution in [3.8, 4) is 11.5 Å². The summed E-state index contributed by atoms with van der Waals surface area (Å²) in [5, 5.41) is 0.178. The first-order valence-electron chi connectivity index (χ1n) is 11.5. The molecule has 0 unspecified atom stereocenters. The highest BCUT2D eigenvalue weighted by molar-refractivity contribution is 6.31. The van der Waals surface area contributed by atoms with Gasteiger partial charge in [0.15, 0.2) is 11.5 Å². The van der Waals surface area contributed by atoms with Crippen molar-refractivity contribution in [3.05, 3.63) is 100 Å². The van der Waals surface area contributed by atoms with Gasteiger partial charge in [0, 0.05) is 11.1 Å². The third-order valence-corrected chi connectivity index (χ3v) is 5.78. The number of hydrogen-bond donors (Lipinski definition) is 0. The zero-order valence-corrected chi connectivity index (χ0v) is 21.4. The summed E-state index contributed by atoms with van der Waals surface area (Å²) in [7, 11) is 2.38. The summed E-state index contributed by atoms with van der Waals surface area (Å²) in [6.07, 6.45) is 0. The van der Waals surface area contributed by atoms with Crippen LogP contribution in [-0.4, -0.2) is 45.5 Å². The minimum absolute atomic E-state index is 0.00620. The number of carbonyl (C=O) groups is 3. The van der Waals surface area contributed by atoms with Crippen molar-refractivity contribution in [2.45, 2.75) is 6.61 Å². The van der Waals surface area contributed by atoms with Gasteiger partial charge in [-0.05, 0) is 23.8 Å². The van der Waals surface area contributed by atoms with E-state index in [1.54, 1.807) is 30.3 Å². The van der Waals surface area contributed by atoms with Gasteiger partial charge in [-0.2, -0.15) is 0 Å². The van der Waals surface area contributed by atoms with E-state index in [4.69, 9.17) is 35.3 Å². The Labute approximate surface area is 224 Å². The summed E-state index contributed by atoms with van der Waals surface area (Å²) in [5.41, 5.74) is 1.20. The molecule has 0 aromatic heterocycles. The lowest BCUT2D eigenvalue weighted by atomic mass is 10.1. The molecule has 196 valence electrons. The Kier molecular flexibility index (Phi) is 8.62. The van der Waals surface area contributed by atoms with E-state index in [9.17, 15) is 14.4 Å². The number of rotatable bonds is 8. The van der Waals surface area contributed by atoms with Gasteiger partial charge in [0.25, 0.3) is 0 Å². The molecule has 3 aromatic carbocycles. The summed E-state index contributed by atoms with van der Waals surface area (Å²) in [6.45, 7) is -0.232. The Balaban J connectivity index is 1.84. The van der Waals surface area contributed by atoms with Gasteiger partial charge in [0.05, 0.1) is 37.7 Å². The van der Waals surface area contributed by atoms with Crippen LogP contribution < -0.4 is 14.4 Å². The largest absolute Gasteiger partial charge is 0.483 e. The predicted molar refractivity (Wildman–Crippen MR) is 138 cm³/mol. The van der Waals surface area contributed by atoms with E-state index in [0.29, 0.717) is 5.56 Å². The summed E-state index contributed by atoms with van der Waals surface area (Å²) in [6, 6.07) is 20.7. The number of ether oxygens (including phenoxy) is 5. The summed E-state index contributed by atoms with van der Waals surface area (Å²) < 4.78 is 27.3. The van der Waals surface area contributed by atoms with Crippen molar-refractivity contribution in [1.29, 1.82) is 0 Å². The fraction of sp³-hybridized carbons (Fsp3) is 0.179. The Morgan fingerprint density at radius 3 is 2.21 bits per heavy atom. The topological polar surface area (TPSA) is 101 Å². The molecule has 0 fully saturated rings. The second-order valence-electron chi connectivity index (χ2n) is 8.00. The van der Waals surface area contributed by atoms with Gasteiger partial charge in [-0.25, -0.2) is 14.4 Å². The van der Waals surface area contributed by atoms with Gasteiger partial charge in [-0.3, -0.25) is 0 Å². The second-order valence-corrected chi connectivity index (χ2v) is 8.43. The first-order chi connectivity index (χ1) is 18.4. The van der Waals surface area contributed by atoms with Crippen LogP contribution in [-0.2, 0) is 30.4 Å². The molecule has 0 N–H and O–H groups in total. The Morgan fingerprint density at radius 2 is 1.55 bits per heavy atom. The maximum absolute atomic E-state index is 12.9. The maximum Gasteiger partial charge on any atom is 0.355 e. The summed E-state index contributed by atoms with van der Waals surface area (Å²) in [4.78, 5) is 39.6. The van der Waals surface area contributed by atoms with Crippen LogP contribution in [0.4, 0.5) is 5.69 Å². The van der Waals surface area contributed by atoms with Crippen LogP contribution in [0.3, 0.4) is 0 Å². The van der Waals surface area contributed by atoms with Crippen molar-refractivity contribution in [3.63, 3.8) is 0 Å². The van der Waals surface area contributed by atoms with E-state index < -0.39 is 17.9 Å². The summed E-state index contributed by atoms with van der Waals surface area (Å²) >= 11 is 6.44. The number of benzene rings is 3. The lowest BCUT2D eigenvalue weighted by molar-refractivity contribution is -0.140. The van der Waals surface area contributed by atoms with Crippen LogP contribution in [0.2, 0.25) is 5.02 Å². The summed E-state index contributed by atoms with van der Waals surface area (Å²) in [5.74, 6) is -2.10. The van der Waals surface area contributed by atoms with Gasteiger partial charge < -0.3 is 28.6 Å². The molecule has 0 saturated carbocycles.